The topological polar surface area (TPSA) is 47.0 Å². The number of benzene rings is 1. The number of nitrogens with zero attached hydrogens (tertiary/aromatic N) is 2. The third-order valence-corrected chi connectivity index (χ3v) is 2.65. The highest BCUT2D eigenvalue weighted by atomic mass is 35.5. The molecule has 0 saturated carbocycles. The van der Waals surface area contributed by atoms with Gasteiger partial charge in [0.1, 0.15) is 11.6 Å². The minimum atomic E-state index is -0.490. The second-order valence-corrected chi connectivity index (χ2v) is 4.24. The molecule has 2 rings (SSSR count). The van der Waals surface area contributed by atoms with Crippen LogP contribution in [0.5, 0.6) is 11.8 Å². The molecular formula is C13H13ClFN3O. The average molecular weight is 282 g/mol. The number of rotatable bonds is 5. The largest absolute Gasteiger partial charge is 0.424 e. The van der Waals surface area contributed by atoms with Gasteiger partial charge in [-0.05, 0) is 18.7 Å². The fraction of sp³-hybridized carbons (Fsp3) is 0.231. The van der Waals surface area contributed by atoms with Crippen molar-refractivity contribution in [2.24, 2.45) is 0 Å². The molecule has 4 nitrogen and oxygen atoms in total. The SMILES string of the molecule is CCNCc1cnc(Oc2ccc(F)c(Cl)c2)nc1. The van der Waals surface area contributed by atoms with Crippen molar-refractivity contribution in [3.05, 3.63) is 47.0 Å². The number of hydrogen-bond donors (Lipinski definition) is 1. The molecule has 0 aliphatic carbocycles. The zero-order chi connectivity index (χ0) is 13.7. The fourth-order valence-electron chi connectivity index (χ4n) is 1.40. The number of halogens is 2. The summed E-state index contributed by atoms with van der Waals surface area (Å²) in [4.78, 5) is 8.14. The van der Waals surface area contributed by atoms with E-state index in [2.05, 4.69) is 15.3 Å². The highest BCUT2D eigenvalue weighted by Crippen LogP contribution is 2.23. The smallest absolute Gasteiger partial charge is 0.321 e. The van der Waals surface area contributed by atoms with Gasteiger partial charge >= 0.3 is 6.01 Å². The molecule has 0 aliphatic heterocycles. The van der Waals surface area contributed by atoms with E-state index in [9.17, 15) is 4.39 Å². The predicted molar refractivity (Wildman–Crippen MR) is 70.9 cm³/mol. The maximum atomic E-state index is 13.0. The zero-order valence-electron chi connectivity index (χ0n) is 10.4. The molecule has 0 bridgehead atoms. The normalized spacial score (nSPS) is 10.5. The molecule has 6 heteroatoms. The van der Waals surface area contributed by atoms with Gasteiger partial charge in [-0.25, -0.2) is 14.4 Å². The van der Waals surface area contributed by atoms with Gasteiger partial charge < -0.3 is 10.1 Å². The first-order chi connectivity index (χ1) is 9.19. The van der Waals surface area contributed by atoms with Gasteiger partial charge in [0.15, 0.2) is 0 Å². The molecule has 0 aliphatic rings. The highest BCUT2D eigenvalue weighted by molar-refractivity contribution is 6.30. The van der Waals surface area contributed by atoms with Crippen LogP contribution in [0.2, 0.25) is 5.02 Å². The van der Waals surface area contributed by atoms with Crippen LogP contribution in [0.4, 0.5) is 4.39 Å². The highest BCUT2D eigenvalue weighted by Gasteiger charge is 2.04. The first kappa shape index (κ1) is 13.7. The van der Waals surface area contributed by atoms with E-state index in [1.54, 1.807) is 12.4 Å². The molecule has 0 spiro atoms. The van der Waals surface area contributed by atoms with E-state index >= 15 is 0 Å². The van der Waals surface area contributed by atoms with E-state index in [-0.39, 0.29) is 11.0 Å². The molecule has 0 amide bonds. The summed E-state index contributed by atoms with van der Waals surface area (Å²) in [5.74, 6) is -0.0956. The summed E-state index contributed by atoms with van der Waals surface area (Å²) in [6, 6.07) is 4.28. The van der Waals surface area contributed by atoms with Crippen molar-refractivity contribution >= 4 is 11.6 Å². The van der Waals surface area contributed by atoms with Crippen LogP contribution >= 0.6 is 11.6 Å². The first-order valence-corrected chi connectivity index (χ1v) is 6.21. The quantitative estimate of drug-likeness (QED) is 0.914. The van der Waals surface area contributed by atoms with Crippen LogP contribution in [0, 0.1) is 5.82 Å². The van der Waals surface area contributed by atoms with E-state index in [4.69, 9.17) is 16.3 Å². The molecule has 1 aromatic carbocycles. The molecule has 1 heterocycles. The number of aromatic nitrogens is 2. The first-order valence-electron chi connectivity index (χ1n) is 5.83. The third kappa shape index (κ3) is 3.87. The summed E-state index contributed by atoms with van der Waals surface area (Å²) in [7, 11) is 0. The lowest BCUT2D eigenvalue weighted by Crippen LogP contribution is -2.12. The molecule has 0 saturated heterocycles. The molecule has 0 atom stereocenters. The maximum absolute atomic E-state index is 13.0. The lowest BCUT2D eigenvalue weighted by Gasteiger charge is -2.05. The van der Waals surface area contributed by atoms with Crippen molar-refractivity contribution < 1.29 is 9.13 Å². The van der Waals surface area contributed by atoms with Crippen molar-refractivity contribution in [2.75, 3.05) is 6.54 Å². The van der Waals surface area contributed by atoms with Crippen LogP contribution in [0.25, 0.3) is 0 Å². The Morgan fingerprint density at radius 3 is 2.68 bits per heavy atom. The van der Waals surface area contributed by atoms with Crippen LogP contribution in [0.3, 0.4) is 0 Å². The van der Waals surface area contributed by atoms with Gasteiger partial charge in [0.25, 0.3) is 0 Å². The molecule has 1 N–H and O–H groups in total. The van der Waals surface area contributed by atoms with E-state index in [0.29, 0.717) is 12.3 Å². The Hall–Kier alpha value is -1.72. The van der Waals surface area contributed by atoms with E-state index in [0.717, 1.165) is 12.1 Å². The van der Waals surface area contributed by atoms with Crippen LogP contribution in [-0.4, -0.2) is 16.5 Å². The second kappa shape index (κ2) is 6.45. The molecule has 0 unspecified atom stereocenters. The van der Waals surface area contributed by atoms with E-state index in [1.165, 1.54) is 18.2 Å². The van der Waals surface area contributed by atoms with Gasteiger partial charge in [-0.2, -0.15) is 0 Å². The van der Waals surface area contributed by atoms with Crippen LogP contribution in [0.15, 0.2) is 30.6 Å². The molecule has 19 heavy (non-hydrogen) atoms. The minimum absolute atomic E-state index is 0.00117. The second-order valence-electron chi connectivity index (χ2n) is 3.83. The molecule has 1 aromatic heterocycles. The van der Waals surface area contributed by atoms with Gasteiger partial charge in [0.2, 0.25) is 0 Å². The van der Waals surface area contributed by atoms with Gasteiger partial charge in [-0.3, -0.25) is 0 Å². The predicted octanol–water partition coefficient (Wildman–Crippen LogP) is 3.17. The fourth-order valence-corrected chi connectivity index (χ4v) is 1.57. The Morgan fingerprint density at radius 2 is 2.05 bits per heavy atom. The average Bonchev–Trinajstić information content (AvgIpc) is 2.42. The number of ether oxygens (including phenoxy) is 1. The standard InChI is InChI=1S/C13H13ClFN3O/c1-2-16-6-9-7-17-13(18-8-9)19-10-3-4-12(15)11(14)5-10/h3-5,7-8,16H,2,6H2,1H3. The molecule has 2 aromatic rings. The van der Waals surface area contributed by atoms with Crippen molar-refractivity contribution in [3.8, 4) is 11.8 Å². The monoisotopic (exact) mass is 281 g/mol. The van der Waals surface area contributed by atoms with Crippen molar-refractivity contribution in [1.82, 2.24) is 15.3 Å². The Bertz CT molecular complexity index is 548. The lowest BCUT2D eigenvalue weighted by atomic mass is 10.3. The Kier molecular flexibility index (Phi) is 4.65. The van der Waals surface area contributed by atoms with Crippen LogP contribution < -0.4 is 10.1 Å². The number of nitrogens with one attached hydrogen (secondary N) is 1. The summed E-state index contributed by atoms with van der Waals surface area (Å²) >= 11 is 5.66. The van der Waals surface area contributed by atoms with Gasteiger partial charge in [0, 0.05) is 30.6 Å². The van der Waals surface area contributed by atoms with Crippen molar-refractivity contribution in [1.29, 1.82) is 0 Å². The van der Waals surface area contributed by atoms with Gasteiger partial charge in [-0.15, -0.1) is 0 Å². The molecular weight excluding hydrogens is 269 g/mol. The maximum Gasteiger partial charge on any atom is 0.321 e. The Balaban J connectivity index is 2.04. The minimum Gasteiger partial charge on any atom is -0.424 e. The molecule has 0 radical (unpaired) electrons. The molecule has 100 valence electrons. The lowest BCUT2D eigenvalue weighted by molar-refractivity contribution is 0.439. The number of hydrogen-bond acceptors (Lipinski definition) is 4. The Morgan fingerprint density at radius 1 is 1.32 bits per heavy atom. The third-order valence-electron chi connectivity index (χ3n) is 2.36. The zero-order valence-corrected chi connectivity index (χ0v) is 11.1. The van der Waals surface area contributed by atoms with Crippen molar-refractivity contribution in [3.63, 3.8) is 0 Å². The summed E-state index contributed by atoms with van der Waals surface area (Å²) in [5.41, 5.74) is 0.964. The summed E-state index contributed by atoms with van der Waals surface area (Å²) in [6.45, 7) is 3.61. The van der Waals surface area contributed by atoms with Crippen LogP contribution in [-0.2, 0) is 6.54 Å². The van der Waals surface area contributed by atoms with Crippen molar-refractivity contribution in [2.45, 2.75) is 13.5 Å². The van der Waals surface area contributed by atoms with E-state index in [1.807, 2.05) is 6.92 Å². The van der Waals surface area contributed by atoms with Crippen LogP contribution in [0.1, 0.15) is 12.5 Å². The summed E-state index contributed by atoms with van der Waals surface area (Å²) < 4.78 is 18.4. The van der Waals surface area contributed by atoms with Gasteiger partial charge in [0.05, 0.1) is 5.02 Å². The summed E-state index contributed by atoms with van der Waals surface area (Å²) in [5, 5.41) is 3.17. The van der Waals surface area contributed by atoms with E-state index < -0.39 is 5.82 Å². The molecule has 0 fully saturated rings. The van der Waals surface area contributed by atoms with Gasteiger partial charge in [-0.1, -0.05) is 18.5 Å². The Labute approximate surface area is 115 Å². The summed E-state index contributed by atoms with van der Waals surface area (Å²) in [6.07, 6.45) is 3.35.